The molecule has 10 nitrogen and oxygen atoms in total. The molecule has 0 bridgehead atoms. The number of ketones is 1. The molecule has 4 rings (SSSR count). The average molecular weight is 527 g/mol. The molecule has 0 aliphatic carbocycles. The SMILES string of the molecule is COc1cc(C2/C(=C(\O)c3cc(C)ccc3O)C(=O)C(=O)N2CCCN2CCOCC2)cc(OC)c1OC. The number of phenols is 1. The maximum Gasteiger partial charge on any atom is 0.295 e. The molecule has 0 radical (unpaired) electrons. The number of rotatable bonds is 9. The van der Waals surface area contributed by atoms with Crippen molar-refractivity contribution in [2.24, 2.45) is 0 Å². The number of nitrogens with zero attached hydrogens (tertiary/aromatic N) is 2. The van der Waals surface area contributed by atoms with Crippen LogP contribution in [-0.4, -0.2) is 92.4 Å². The van der Waals surface area contributed by atoms with Crippen molar-refractivity contribution < 1.29 is 38.7 Å². The monoisotopic (exact) mass is 526 g/mol. The molecule has 1 unspecified atom stereocenters. The average Bonchev–Trinajstić information content (AvgIpc) is 3.18. The van der Waals surface area contributed by atoms with Gasteiger partial charge in [0.15, 0.2) is 11.5 Å². The van der Waals surface area contributed by atoms with Gasteiger partial charge in [0.1, 0.15) is 11.5 Å². The highest BCUT2D eigenvalue weighted by molar-refractivity contribution is 6.46. The summed E-state index contributed by atoms with van der Waals surface area (Å²) in [5, 5.41) is 21.8. The van der Waals surface area contributed by atoms with Gasteiger partial charge in [0.25, 0.3) is 11.7 Å². The molecular formula is C28H34N2O8. The number of hydrogen-bond donors (Lipinski definition) is 2. The van der Waals surface area contributed by atoms with Crippen molar-refractivity contribution in [3.63, 3.8) is 0 Å². The van der Waals surface area contributed by atoms with Gasteiger partial charge in [0.2, 0.25) is 5.75 Å². The molecule has 1 atom stereocenters. The molecule has 2 fully saturated rings. The molecule has 38 heavy (non-hydrogen) atoms. The van der Waals surface area contributed by atoms with E-state index >= 15 is 0 Å². The Morgan fingerprint density at radius 3 is 2.26 bits per heavy atom. The van der Waals surface area contributed by atoms with Crippen LogP contribution in [0.3, 0.4) is 0 Å². The topological polar surface area (TPSA) is 118 Å². The molecule has 2 heterocycles. The van der Waals surface area contributed by atoms with E-state index < -0.39 is 23.5 Å². The van der Waals surface area contributed by atoms with Crippen molar-refractivity contribution in [1.82, 2.24) is 9.80 Å². The van der Waals surface area contributed by atoms with Crippen LogP contribution in [0.25, 0.3) is 5.76 Å². The fourth-order valence-corrected chi connectivity index (χ4v) is 4.99. The third-order valence-corrected chi connectivity index (χ3v) is 6.93. The number of aliphatic hydroxyl groups is 1. The van der Waals surface area contributed by atoms with E-state index in [4.69, 9.17) is 18.9 Å². The molecule has 2 aliphatic heterocycles. The molecule has 0 spiro atoms. The molecule has 2 N–H and O–H groups in total. The van der Waals surface area contributed by atoms with Gasteiger partial charge < -0.3 is 34.1 Å². The number of ether oxygens (including phenoxy) is 4. The lowest BCUT2D eigenvalue weighted by Crippen LogP contribution is -2.39. The van der Waals surface area contributed by atoms with E-state index in [-0.39, 0.29) is 23.4 Å². The van der Waals surface area contributed by atoms with Gasteiger partial charge in [-0.1, -0.05) is 11.6 Å². The minimum atomic E-state index is -0.937. The van der Waals surface area contributed by atoms with Gasteiger partial charge in [-0.05, 0) is 43.2 Å². The first kappa shape index (κ1) is 27.3. The van der Waals surface area contributed by atoms with E-state index in [2.05, 4.69) is 4.90 Å². The maximum absolute atomic E-state index is 13.4. The Kier molecular flexibility index (Phi) is 8.43. The van der Waals surface area contributed by atoms with E-state index in [0.717, 1.165) is 25.2 Å². The number of carbonyl (C=O) groups is 2. The van der Waals surface area contributed by atoms with Crippen LogP contribution in [0.5, 0.6) is 23.0 Å². The molecule has 2 aromatic rings. The van der Waals surface area contributed by atoms with Crippen LogP contribution in [0.1, 0.15) is 29.2 Å². The third-order valence-electron chi connectivity index (χ3n) is 6.93. The number of methoxy groups -OCH3 is 3. The van der Waals surface area contributed by atoms with Crippen LogP contribution in [0.2, 0.25) is 0 Å². The Balaban J connectivity index is 1.81. The summed E-state index contributed by atoms with van der Waals surface area (Å²) in [6.07, 6.45) is 0.615. The van der Waals surface area contributed by atoms with E-state index in [1.807, 2.05) is 0 Å². The molecule has 1 amide bonds. The number of amides is 1. The maximum atomic E-state index is 13.4. The molecule has 2 saturated heterocycles. The fourth-order valence-electron chi connectivity index (χ4n) is 4.99. The largest absolute Gasteiger partial charge is 0.507 e. The van der Waals surface area contributed by atoms with Crippen molar-refractivity contribution in [2.75, 3.05) is 60.7 Å². The lowest BCUT2D eigenvalue weighted by Gasteiger charge is -2.29. The molecule has 0 saturated carbocycles. The van der Waals surface area contributed by atoms with E-state index in [1.54, 1.807) is 31.2 Å². The van der Waals surface area contributed by atoms with Gasteiger partial charge in [0.05, 0.1) is 51.7 Å². The summed E-state index contributed by atoms with van der Waals surface area (Å²) in [5.74, 6) is -1.14. The molecule has 10 heteroatoms. The third kappa shape index (κ3) is 5.27. The number of benzene rings is 2. The number of aromatic hydroxyl groups is 1. The number of morpholine rings is 1. The number of aliphatic hydroxyl groups excluding tert-OH is 1. The second-order valence-corrected chi connectivity index (χ2v) is 9.28. The van der Waals surface area contributed by atoms with Crippen LogP contribution in [0.15, 0.2) is 35.9 Å². The molecule has 2 aromatic carbocycles. The van der Waals surface area contributed by atoms with Crippen molar-refractivity contribution in [3.8, 4) is 23.0 Å². The van der Waals surface area contributed by atoms with Gasteiger partial charge in [-0.2, -0.15) is 0 Å². The van der Waals surface area contributed by atoms with Gasteiger partial charge in [0, 0.05) is 26.2 Å². The van der Waals surface area contributed by atoms with E-state index in [1.165, 1.54) is 32.3 Å². The highest BCUT2D eigenvalue weighted by atomic mass is 16.5. The minimum absolute atomic E-state index is 0.0776. The Morgan fingerprint density at radius 2 is 1.66 bits per heavy atom. The summed E-state index contributed by atoms with van der Waals surface area (Å²) < 4.78 is 21.9. The Morgan fingerprint density at radius 1 is 1.00 bits per heavy atom. The van der Waals surface area contributed by atoms with Crippen LogP contribution in [0.4, 0.5) is 0 Å². The van der Waals surface area contributed by atoms with Gasteiger partial charge in [-0.25, -0.2) is 0 Å². The smallest absolute Gasteiger partial charge is 0.295 e. The van der Waals surface area contributed by atoms with E-state index in [9.17, 15) is 19.8 Å². The van der Waals surface area contributed by atoms with Gasteiger partial charge in [-0.15, -0.1) is 0 Å². The Bertz CT molecular complexity index is 1210. The minimum Gasteiger partial charge on any atom is -0.507 e. The summed E-state index contributed by atoms with van der Waals surface area (Å²) >= 11 is 0. The van der Waals surface area contributed by atoms with E-state index in [0.29, 0.717) is 42.4 Å². The second-order valence-electron chi connectivity index (χ2n) is 9.28. The predicted octanol–water partition coefficient (Wildman–Crippen LogP) is 2.87. The number of carbonyl (C=O) groups excluding carboxylic acids is 2. The highest BCUT2D eigenvalue weighted by Crippen LogP contribution is 2.46. The van der Waals surface area contributed by atoms with Crippen LogP contribution in [-0.2, 0) is 14.3 Å². The zero-order valence-electron chi connectivity index (χ0n) is 22.2. The Labute approximate surface area is 222 Å². The molecular weight excluding hydrogens is 492 g/mol. The summed E-state index contributed by atoms with van der Waals surface area (Å²) in [6, 6.07) is 7.09. The number of aryl methyl sites for hydroxylation is 1. The zero-order chi connectivity index (χ0) is 27.4. The van der Waals surface area contributed by atoms with Crippen LogP contribution < -0.4 is 14.2 Å². The summed E-state index contributed by atoms with van der Waals surface area (Å²) in [6.45, 7) is 5.75. The fraction of sp³-hybridized carbons (Fsp3) is 0.429. The van der Waals surface area contributed by atoms with Crippen LogP contribution >= 0.6 is 0 Å². The predicted molar refractivity (Wildman–Crippen MR) is 140 cm³/mol. The quantitative estimate of drug-likeness (QED) is 0.289. The van der Waals surface area contributed by atoms with Crippen molar-refractivity contribution in [1.29, 1.82) is 0 Å². The molecule has 204 valence electrons. The summed E-state index contributed by atoms with van der Waals surface area (Å²) in [4.78, 5) is 30.5. The number of likely N-dealkylation sites (tertiary alicyclic amines) is 1. The van der Waals surface area contributed by atoms with Crippen molar-refractivity contribution in [3.05, 3.63) is 52.6 Å². The first-order valence-electron chi connectivity index (χ1n) is 12.5. The lowest BCUT2D eigenvalue weighted by atomic mass is 9.94. The first-order chi connectivity index (χ1) is 18.3. The van der Waals surface area contributed by atoms with Gasteiger partial charge in [-0.3, -0.25) is 14.5 Å². The lowest BCUT2D eigenvalue weighted by molar-refractivity contribution is -0.140. The summed E-state index contributed by atoms with van der Waals surface area (Å²) in [7, 11) is 4.44. The highest BCUT2D eigenvalue weighted by Gasteiger charge is 2.46. The van der Waals surface area contributed by atoms with Crippen LogP contribution in [0, 0.1) is 6.92 Å². The first-order valence-corrected chi connectivity index (χ1v) is 12.5. The number of phenolic OH excluding ortho intramolecular Hbond substituents is 1. The standard InChI is InChI=1S/C28H34N2O8/c1-17-6-7-20(31)19(14-17)25(32)23-24(18-15-21(35-2)27(37-4)22(16-18)36-3)30(28(34)26(23)33)9-5-8-29-10-12-38-13-11-29/h6-7,14-16,24,31-32H,5,8-13H2,1-4H3/b25-23+. The van der Waals surface area contributed by atoms with Crippen molar-refractivity contribution >= 4 is 17.4 Å². The van der Waals surface area contributed by atoms with Crippen molar-refractivity contribution in [2.45, 2.75) is 19.4 Å². The Hall–Kier alpha value is -3.76. The summed E-state index contributed by atoms with van der Waals surface area (Å²) in [5.41, 5.74) is 1.23. The van der Waals surface area contributed by atoms with Gasteiger partial charge >= 0.3 is 0 Å². The molecule has 0 aromatic heterocycles. The second kappa shape index (κ2) is 11.7. The number of hydrogen-bond acceptors (Lipinski definition) is 9. The molecule has 2 aliphatic rings. The number of Topliss-reactive ketones (excluding diaryl/α,β-unsaturated/α-hetero) is 1. The normalized spacial score (nSPS) is 19.6. The zero-order valence-corrected chi connectivity index (χ0v) is 22.2.